The summed E-state index contributed by atoms with van der Waals surface area (Å²) in [5.41, 5.74) is 2.99. The summed E-state index contributed by atoms with van der Waals surface area (Å²) >= 11 is 1.60. The number of fused-ring (bicyclic) bond motifs is 1. The van der Waals surface area contributed by atoms with E-state index in [0.717, 1.165) is 35.6 Å². The molecule has 0 spiro atoms. The van der Waals surface area contributed by atoms with Crippen molar-refractivity contribution >= 4 is 35.1 Å². The Bertz CT molecular complexity index is 809. The third kappa shape index (κ3) is 4.22. The summed E-state index contributed by atoms with van der Waals surface area (Å²) in [6, 6.07) is 6.26. The van der Waals surface area contributed by atoms with Crippen LogP contribution in [0.2, 0.25) is 0 Å². The molecule has 27 heavy (non-hydrogen) atoms. The van der Waals surface area contributed by atoms with E-state index in [2.05, 4.69) is 55.8 Å². The molecular formula is C19H26N6OS. The predicted molar refractivity (Wildman–Crippen MR) is 111 cm³/mol. The lowest BCUT2D eigenvalue weighted by Crippen LogP contribution is -2.21. The molecule has 2 aliphatic rings. The molecule has 4 rings (SSSR count). The van der Waals surface area contributed by atoms with Crippen LogP contribution in [-0.4, -0.2) is 29.8 Å². The smallest absolute Gasteiger partial charge is 0.244 e. The van der Waals surface area contributed by atoms with Crippen molar-refractivity contribution in [1.82, 2.24) is 14.7 Å². The molecule has 0 amide bonds. The first-order chi connectivity index (χ1) is 13.2. The molecule has 0 atom stereocenters. The predicted octanol–water partition coefficient (Wildman–Crippen LogP) is 4.26. The molecule has 7 nitrogen and oxygen atoms in total. The van der Waals surface area contributed by atoms with Gasteiger partial charge in [0.2, 0.25) is 11.8 Å². The maximum absolute atomic E-state index is 6.25. The fourth-order valence-electron chi connectivity index (χ4n) is 3.50. The van der Waals surface area contributed by atoms with Crippen LogP contribution in [0.4, 0.5) is 23.1 Å². The van der Waals surface area contributed by atoms with Crippen molar-refractivity contribution in [2.45, 2.75) is 50.0 Å². The van der Waals surface area contributed by atoms with E-state index in [1.807, 2.05) is 7.05 Å². The van der Waals surface area contributed by atoms with E-state index in [0.29, 0.717) is 18.5 Å². The number of nitrogens with one attached hydrogen (secondary N) is 4. The first-order valence-corrected chi connectivity index (χ1v) is 10.3. The van der Waals surface area contributed by atoms with Crippen LogP contribution in [0.1, 0.15) is 37.7 Å². The Morgan fingerprint density at radius 3 is 2.78 bits per heavy atom. The van der Waals surface area contributed by atoms with Crippen molar-refractivity contribution in [3.8, 4) is 5.88 Å². The second-order valence-corrected chi connectivity index (χ2v) is 7.98. The van der Waals surface area contributed by atoms with Crippen molar-refractivity contribution in [2.75, 3.05) is 29.7 Å². The van der Waals surface area contributed by atoms with Gasteiger partial charge in [-0.1, -0.05) is 6.42 Å². The van der Waals surface area contributed by atoms with E-state index in [1.165, 1.54) is 24.2 Å². The average Bonchev–Trinajstić information content (AvgIpc) is 3.14. The normalized spacial score (nSPS) is 16.4. The summed E-state index contributed by atoms with van der Waals surface area (Å²) in [4.78, 5) is 10.4. The third-order valence-corrected chi connectivity index (χ3v) is 5.59. The van der Waals surface area contributed by atoms with Gasteiger partial charge in [0.15, 0.2) is 5.82 Å². The number of ether oxygens (including phenoxy) is 1. The van der Waals surface area contributed by atoms with Crippen molar-refractivity contribution < 1.29 is 4.74 Å². The first-order valence-electron chi connectivity index (χ1n) is 9.50. The summed E-state index contributed by atoms with van der Waals surface area (Å²) in [6.07, 6.45) is 6.19. The first kappa shape index (κ1) is 18.2. The average molecular weight is 387 g/mol. The van der Waals surface area contributed by atoms with Crippen LogP contribution in [-0.2, 0) is 0 Å². The van der Waals surface area contributed by atoms with Crippen LogP contribution in [0.15, 0.2) is 23.1 Å². The van der Waals surface area contributed by atoms with Crippen LogP contribution in [0.25, 0.3) is 0 Å². The summed E-state index contributed by atoms with van der Waals surface area (Å²) in [6.45, 7) is 2.72. The lowest BCUT2D eigenvalue weighted by molar-refractivity contribution is 0.150. The fraction of sp³-hybridized carbons (Fsp3) is 0.474. The summed E-state index contributed by atoms with van der Waals surface area (Å²) in [7, 11) is 1.92. The number of hydrogen-bond acceptors (Lipinski definition) is 8. The molecule has 0 unspecified atom stereocenters. The molecule has 1 aliphatic heterocycles. The highest BCUT2D eigenvalue weighted by Gasteiger charge is 2.23. The summed E-state index contributed by atoms with van der Waals surface area (Å²) < 4.78 is 9.35. The molecule has 2 aromatic rings. The minimum absolute atomic E-state index is 0.243. The van der Waals surface area contributed by atoms with E-state index >= 15 is 0 Å². The number of aryl methyl sites for hydroxylation is 1. The molecule has 144 valence electrons. The van der Waals surface area contributed by atoms with Crippen molar-refractivity contribution in [3.05, 3.63) is 23.8 Å². The van der Waals surface area contributed by atoms with Crippen LogP contribution in [0, 0.1) is 6.92 Å². The van der Waals surface area contributed by atoms with Gasteiger partial charge in [-0.25, -0.2) is 0 Å². The van der Waals surface area contributed by atoms with E-state index in [1.54, 1.807) is 11.9 Å². The zero-order valence-electron chi connectivity index (χ0n) is 15.8. The number of nitrogens with zero attached hydrogens (tertiary/aromatic N) is 2. The zero-order valence-corrected chi connectivity index (χ0v) is 16.6. The number of anilines is 4. The Morgan fingerprint density at radius 2 is 2.00 bits per heavy atom. The molecule has 4 N–H and O–H groups in total. The SMILES string of the molecule is CNSc1ccc(Nc2nc3c(c(OC4CCCCC4)n2)NCN3)c(C)c1. The highest BCUT2D eigenvalue weighted by molar-refractivity contribution is 7.97. The van der Waals surface area contributed by atoms with Crippen LogP contribution in [0.5, 0.6) is 5.88 Å². The van der Waals surface area contributed by atoms with Gasteiger partial charge in [0, 0.05) is 10.6 Å². The second-order valence-electron chi connectivity index (χ2n) is 6.89. The molecule has 8 heteroatoms. The van der Waals surface area contributed by atoms with E-state index in [4.69, 9.17) is 4.74 Å². The molecule has 1 aliphatic carbocycles. The maximum atomic E-state index is 6.25. The monoisotopic (exact) mass is 386 g/mol. The van der Waals surface area contributed by atoms with Crippen molar-refractivity contribution in [3.63, 3.8) is 0 Å². The van der Waals surface area contributed by atoms with Crippen molar-refractivity contribution in [1.29, 1.82) is 0 Å². The van der Waals surface area contributed by atoms with E-state index in [9.17, 15) is 0 Å². The zero-order chi connectivity index (χ0) is 18.6. The van der Waals surface area contributed by atoms with E-state index < -0.39 is 0 Å². The van der Waals surface area contributed by atoms with Gasteiger partial charge in [0.1, 0.15) is 11.8 Å². The van der Waals surface area contributed by atoms with E-state index in [-0.39, 0.29) is 6.10 Å². The van der Waals surface area contributed by atoms with Gasteiger partial charge in [0.05, 0.1) is 6.67 Å². The highest BCUT2D eigenvalue weighted by atomic mass is 32.2. The largest absolute Gasteiger partial charge is 0.473 e. The number of rotatable bonds is 6. The molecule has 1 aromatic carbocycles. The lowest BCUT2D eigenvalue weighted by atomic mass is 9.98. The Balaban J connectivity index is 1.57. The van der Waals surface area contributed by atoms with Gasteiger partial charge < -0.3 is 20.7 Å². The highest BCUT2D eigenvalue weighted by Crippen LogP contribution is 2.36. The van der Waals surface area contributed by atoms with Crippen LogP contribution >= 0.6 is 11.9 Å². The van der Waals surface area contributed by atoms with Crippen LogP contribution in [0.3, 0.4) is 0 Å². The quantitative estimate of drug-likeness (QED) is 0.548. The van der Waals surface area contributed by atoms with Gasteiger partial charge in [-0.15, -0.1) is 0 Å². The fourth-order valence-corrected chi connectivity index (χ4v) is 4.11. The molecular weight excluding hydrogens is 360 g/mol. The molecule has 1 saturated carbocycles. The minimum atomic E-state index is 0.243. The summed E-state index contributed by atoms with van der Waals surface area (Å²) in [5.74, 6) is 1.98. The van der Waals surface area contributed by atoms with Crippen LogP contribution < -0.4 is 25.4 Å². The minimum Gasteiger partial charge on any atom is -0.473 e. The molecule has 2 heterocycles. The molecule has 0 saturated heterocycles. The Hall–Kier alpha value is -2.19. The Labute approximate surface area is 164 Å². The standard InChI is InChI=1S/C19H26N6OS/c1-12-10-14(27-20-2)8-9-15(12)23-19-24-17-16(21-11-22-17)18(25-19)26-13-6-4-3-5-7-13/h8-10,13,20-21H,3-7,11H2,1-2H3,(H2,22,23,24,25). The van der Waals surface area contributed by atoms with Gasteiger partial charge in [-0.2, -0.15) is 9.97 Å². The molecule has 0 radical (unpaired) electrons. The number of aromatic nitrogens is 2. The van der Waals surface area contributed by atoms with Crippen molar-refractivity contribution in [2.24, 2.45) is 0 Å². The van der Waals surface area contributed by atoms with Gasteiger partial charge in [-0.05, 0) is 75.4 Å². The van der Waals surface area contributed by atoms with Gasteiger partial charge >= 0.3 is 0 Å². The summed E-state index contributed by atoms with van der Waals surface area (Å²) in [5, 5.41) is 9.88. The lowest BCUT2D eigenvalue weighted by Gasteiger charge is -2.23. The second kappa shape index (κ2) is 8.22. The Morgan fingerprint density at radius 1 is 1.15 bits per heavy atom. The molecule has 0 bridgehead atoms. The molecule has 1 aromatic heterocycles. The topological polar surface area (TPSA) is 83.1 Å². The molecule has 1 fully saturated rings. The number of hydrogen-bond donors (Lipinski definition) is 4. The van der Waals surface area contributed by atoms with Gasteiger partial charge in [-0.3, -0.25) is 4.72 Å². The number of benzene rings is 1. The Kier molecular flexibility index (Phi) is 5.54. The third-order valence-electron chi connectivity index (χ3n) is 4.89. The van der Waals surface area contributed by atoms with Gasteiger partial charge in [0.25, 0.3) is 0 Å². The maximum Gasteiger partial charge on any atom is 0.244 e.